The topological polar surface area (TPSA) is 88.5 Å². The zero-order valence-corrected chi connectivity index (χ0v) is 10.6. The maximum absolute atomic E-state index is 12.1. The number of carbonyl (C=O) groups excluding carboxylic acids is 1. The minimum Gasteiger partial charge on any atom is -0.478 e. The Bertz CT molecular complexity index is 489. The van der Waals surface area contributed by atoms with E-state index in [2.05, 4.69) is 10.3 Å². The summed E-state index contributed by atoms with van der Waals surface area (Å²) < 4.78 is 5.39. The van der Waals surface area contributed by atoms with E-state index in [4.69, 9.17) is 9.84 Å². The predicted molar refractivity (Wildman–Crippen MR) is 68.0 cm³/mol. The van der Waals surface area contributed by atoms with Crippen LogP contribution in [0.2, 0.25) is 0 Å². The smallest absolute Gasteiger partial charge is 0.337 e. The third-order valence-electron chi connectivity index (χ3n) is 3.11. The van der Waals surface area contributed by atoms with Crippen LogP contribution in [0.25, 0.3) is 0 Å². The number of ether oxygens (including phenoxy) is 1. The van der Waals surface area contributed by atoms with E-state index in [1.807, 2.05) is 6.92 Å². The number of hydrogen-bond acceptors (Lipinski definition) is 4. The molecule has 1 aliphatic heterocycles. The first-order valence-electron chi connectivity index (χ1n) is 6.17. The summed E-state index contributed by atoms with van der Waals surface area (Å²) in [5.41, 5.74) is 0.460. The van der Waals surface area contributed by atoms with E-state index in [-0.39, 0.29) is 23.5 Å². The number of carboxylic acid groups (broad SMARTS) is 1. The molecule has 1 aliphatic rings. The van der Waals surface area contributed by atoms with Gasteiger partial charge < -0.3 is 15.2 Å². The van der Waals surface area contributed by atoms with Crippen LogP contribution in [0.4, 0.5) is 5.69 Å². The van der Waals surface area contributed by atoms with Gasteiger partial charge in [-0.3, -0.25) is 9.78 Å². The van der Waals surface area contributed by atoms with Crippen LogP contribution in [0, 0.1) is 5.92 Å². The molecule has 0 spiro atoms. The van der Waals surface area contributed by atoms with Crippen molar-refractivity contribution in [2.75, 3.05) is 11.9 Å². The van der Waals surface area contributed by atoms with Gasteiger partial charge in [0.05, 0.1) is 23.6 Å². The molecule has 1 saturated heterocycles. The number of anilines is 1. The Morgan fingerprint density at radius 3 is 2.95 bits per heavy atom. The largest absolute Gasteiger partial charge is 0.478 e. The summed E-state index contributed by atoms with van der Waals surface area (Å²) in [6, 6.07) is 1.40. The molecule has 1 aromatic heterocycles. The van der Waals surface area contributed by atoms with E-state index < -0.39 is 5.97 Å². The van der Waals surface area contributed by atoms with E-state index in [1.165, 1.54) is 18.5 Å². The summed E-state index contributed by atoms with van der Waals surface area (Å²) in [5.74, 6) is -1.28. The van der Waals surface area contributed by atoms with Crippen molar-refractivity contribution < 1.29 is 19.4 Å². The van der Waals surface area contributed by atoms with Gasteiger partial charge in [0.15, 0.2) is 0 Å². The average molecular weight is 264 g/mol. The lowest BCUT2D eigenvalue weighted by Crippen LogP contribution is -2.32. The molecule has 2 unspecified atom stereocenters. The van der Waals surface area contributed by atoms with Gasteiger partial charge in [-0.25, -0.2) is 4.79 Å². The number of nitrogens with zero attached hydrogens (tertiary/aromatic N) is 1. The Balaban J connectivity index is 2.02. The molecular formula is C13H16N2O4. The highest BCUT2D eigenvalue weighted by molar-refractivity contribution is 5.94. The van der Waals surface area contributed by atoms with Gasteiger partial charge in [0.1, 0.15) is 0 Å². The lowest BCUT2D eigenvalue weighted by molar-refractivity contribution is -0.124. The molecule has 102 valence electrons. The predicted octanol–water partition coefficient (Wildman–Crippen LogP) is 1.53. The zero-order chi connectivity index (χ0) is 13.8. The molecule has 19 heavy (non-hydrogen) atoms. The molecular weight excluding hydrogens is 248 g/mol. The van der Waals surface area contributed by atoms with Crippen molar-refractivity contribution in [2.45, 2.75) is 25.9 Å². The van der Waals surface area contributed by atoms with E-state index in [1.54, 1.807) is 0 Å². The van der Waals surface area contributed by atoms with Crippen molar-refractivity contribution >= 4 is 17.6 Å². The highest BCUT2D eigenvalue weighted by Gasteiger charge is 2.25. The van der Waals surface area contributed by atoms with Gasteiger partial charge in [-0.1, -0.05) is 0 Å². The normalized spacial score (nSPS) is 22.8. The Morgan fingerprint density at radius 2 is 2.26 bits per heavy atom. The first kappa shape index (κ1) is 13.5. The third-order valence-corrected chi connectivity index (χ3v) is 3.11. The van der Waals surface area contributed by atoms with Crippen LogP contribution >= 0.6 is 0 Å². The fourth-order valence-electron chi connectivity index (χ4n) is 2.11. The summed E-state index contributed by atoms with van der Waals surface area (Å²) in [5, 5.41) is 11.6. The highest BCUT2D eigenvalue weighted by atomic mass is 16.5. The molecule has 1 aromatic rings. The SMILES string of the molecule is CC1CC(C(=O)Nc2cncc(C(=O)O)c2)CCO1. The molecule has 0 aromatic carbocycles. The summed E-state index contributed by atoms with van der Waals surface area (Å²) in [6.45, 7) is 2.51. The first-order chi connectivity index (χ1) is 9.06. The van der Waals surface area contributed by atoms with Crippen LogP contribution in [0.15, 0.2) is 18.5 Å². The lowest BCUT2D eigenvalue weighted by atomic mass is 9.95. The quantitative estimate of drug-likeness (QED) is 0.864. The lowest BCUT2D eigenvalue weighted by Gasteiger charge is -2.26. The number of pyridine rings is 1. The molecule has 2 rings (SSSR count). The van der Waals surface area contributed by atoms with Crippen molar-refractivity contribution in [3.05, 3.63) is 24.0 Å². The Labute approximate surface area is 110 Å². The fraction of sp³-hybridized carbons (Fsp3) is 0.462. The number of rotatable bonds is 3. The Hall–Kier alpha value is -1.95. The minimum atomic E-state index is -1.07. The highest BCUT2D eigenvalue weighted by Crippen LogP contribution is 2.21. The molecule has 6 nitrogen and oxygen atoms in total. The molecule has 0 aliphatic carbocycles. The van der Waals surface area contributed by atoms with Crippen molar-refractivity contribution in [3.8, 4) is 0 Å². The van der Waals surface area contributed by atoms with Gasteiger partial charge in [-0.2, -0.15) is 0 Å². The molecule has 2 atom stereocenters. The van der Waals surface area contributed by atoms with Crippen LogP contribution in [0.3, 0.4) is 0 Å². The number of hydrogen-bond donors (Lipinski definition) is 2. The molecule has 0 bridgehead atoms. The van der Waals surface area contributed by atoms with Crippen molar-refractivity contribution in [3.63, 3.8) is 0 Å². The molecule has 0 saturated carbocycles. The van der Waals surface area contributed by atoms with Crippen LogP contribution in [0.1, 0.15) is 30.1 Å². The van der Waals surface area contributed by atoms with Gasteiger partial charge in [0, 0.05) is 18.7 Å². The van der Waals surface area contributed by atoms with Gasteiger partial charge >= 0.3 is 5.97 Å². The van der Waals surface area contributed by atoms with Gasteiger partial charge in [-0.15, -0.1) is 0 Å². The molecule has 1 amide bonds. The second-order valence-electron chi connectivity index (χ2n) is 4.66. The minimum absolute atomic E-state index is 0.0538. The number of nitrogens with one attached hydrogen (secondary N) is 1. The van der Waals surface area contributed by atoms with E-state index in [0.717, 1.165) is 0 Å². The van der Waals surface area contributed by atoms with Crippen molar-refractivity contribution in [1.82, 2.24) is 4.98 Å². The average Bonchev–Trinajstić information content (AvgIpc) is 2.39. The summed E-state index contributed by atoms with van der Waals surface area (Å²) in [7, 11) is 0. The Kier molecular flexibility index (Phi) is 4.11. The summed E-state index contributed by atoms with van der Waals surface area (Å²) in [6.07, 6.45) is 4.12. The van der Waals surface area contributed by atoms with Crippen LogP contribution in [-0.2, 0) is 9.53 Å². The van der Waals surface area contributed by atoms with Gasteiger partial charge in [0.25, 0.3) is 0 Å². The molecule has 1 fully saturated rings. The summed E-state index contributed by atoms with van der Waals surface area (Å²) in [4.78, 5) is 26.7. The zero-order valence-electron chi connectivity index (χ0n) is 10.6. The maximum Gasteiger partial charge on any atom is 0.337 e. The number of aromatic nitrogens is 1. The monoisotopic (exact) mass is 264 g/mol. The van der Waals surface area contributed by atoms with Gasteiger partial charge in [0.2, 0.25) is 5.91 Å². The number of amides is 1. The number of aromatic carboxylic acids is 1. The standard InChI is InChI=1S/C13H16N2O4/c1-8-4-9(2-3-19-8)12(16)15-11-5-10(13(17)18)6-14-7-11/h5-9H,2-4H2,1H3,(H,15,16)(H,17,18). The number of carboxylic acids is 1. The Morgan fingerprint density at radius 1 is 1.47 bits per heavy atom. The van der Waals surface area contributed by atoms with E-state index in [0.29, 0.717) is 25.1 Å². The molecule has 6 heteroatoms. The van der Waals surface area contributed by atoms with Gasteiger partial charge in [-0.05, 0) is 25.8 Å². The fourth-order valence-corrected chi connectivity index (χ4v) is 2.11. The van der Waals surface area contributed by atoms with Crippen LogP contribution in [0.5, 0.6) is 0 Å². The summed E-state index contributed by atoms with van der Waals surface area (Å²) >= 11 is 0. The maximum atomic E-state index is 12.1. The third kappa shape index (κ3) is 3.51. The van der Waals surface area contributed by atoms with Crippen molar-refractivity contribution in [1.29, 1.82) is 0 Å². The molecule has 0 radical (unpaired) electrons. The van der Waals surface area contributed by atoms with Crippen LogP contribution < -0.4 is 5.32 Å². The molecule has 2 heterocycles. The number of carbonyl (C=O) groups is 2. The molecule has 2 N–H and O–H groups in total. The van der Waals surface area contributed by atoms with Crippen molar-refractivity contribution in [2.24, 2.45) is 5.92 Å². The second kappa shape index (κ2) is 5.79. The second-order valence-corrected chi connectivity index (χ2v) is 4.66. The van der Waals surface area contributed by atoms with E-state index >= 15 is 0 Å². The first-order valence-corrected chi connectivity index (χ1v) is 6.17. The van der Waals surface area contributed by atoms with Crippen LogP contribution in [-0.4, -0.2) is 34.7 Å². The van der Waals surface area contributed by atoms with E-state index in [9.17, 15) is 9.59 Å².